The van der Waals surface area contributed by atoms with Gasteiger partial charge in [-0.1, -0.05) is 30.4 Å². The first-order valence-electron chi connectivity index (χ1n) is 20.6. The fraction of sp³-hybridized carbons (Fsp3) is 0.417. The van der Waals surface area contributed by atoms with Gasteiger partial charge in [0.25, 0.3) is 0 Å². The standard InChI is InChI=1S/C48H55FN4O4/c1-5-30-26-52(20-16-32(30)22-44(52)47(54)38-14-18-50-42-12-10-36(56-3)24-40(38)42)28-34-8-7-9-35(46(34)49)29-53-21-17-33(31(6-2)27-53)23-45(53)48(55)39-15-19-51-43-13-11-37(57-4)25-41(39)43/h5-15,18-19,24-25,30-33,44-45,47-48,54-55H,1-2,16-17,20-23,26-29H2,3-4H3/q+2/t30?,31?,32?,33?,44?,45?,47-,48-,52?,53?/m1/s1. The molecule has 10 atom stereocenters. The number of nitrogens with zero attached hydrogens (tertiary/aromatic N) is 4. The number of halogens is 1. The molecule has 2 N–H and O–H groups in total. The van der Waals surface area contributed by atoms with Crippen molar-refractivity contribution in [3.63, 3.8) is 0 Å². The second-order valence-electron chi connectivity index (χ2n) is 17.4. The molecule has 6 aliphatic rings. The molecule has 8 unspecified atom stereocenters. The number of hydrogen-bond donors (Lipinski definition) is 2. The van der Waals surface area contributed by atoms with Crippen molar-refractivity contribution in [2.45, 2.75) is 63.1 Å². The maximum Gasteiger partial charge on any atom is 0.140 e. The SMILES string of the molecule is C=CC1C[N+]2(Cc3cccc(C[N+]45CCC(CC4[C@H](O)c4ccnc6ccc(OC)cc46)C(C=C)C5)c3F)CCC1CC2[C@H](O)c1ccnc2ccc(OC)cc12. The number of ether oxygens (including phenoxy) is 2. The van der Waals surface area contributed by atoms with Crippen molar-refractivity contribution in [1.82, 2.24) is 9.97 Å². The highest BCUT2D eigenvalue weighted by Gasteiger charge is 2.56. The third kappa shape index (κ3) is 6.43. The van der Waals surface area contributed by atoms with Crippen molar-refractivity contribution in [2.24, 2.45) is 23.7 Å². The predicted octanol–water partition coefficient (Wildman–Crippen LogP) is 8.23. The van der Waals surface area contributed by atoms with E-state index < -0.39 is 12.2 Å². The van der Waals surface area contributed by atoms with E-state index >= 15 is 4.39 Å². The number of aliphatic hydroxyl groups excluding tert-OH is 2. The normalized spacial score (nSPS) is 30.3. The molecule has 0 radical (unpaired) electrons. The highest BCUT2D eigenvalue weighted by atomic mass is 19.1. The Balaban J connectivity index is 1.06. The number of aromatic nitrogens is 2. The average molecular weight is 771 g/mol. The van der Waals surface area contributed by atoms with E-state index in [1.165, 1.54) is 0 Å². The van der Waals surface area contributed by atoms with Crippen LogP contribution in [-0.2, 0) is 13.1 Å². The molecule has 4 bridgehead atoms. The van der Waals surface area contributed by atoms with Crippen molar-refractivity contribution >= 4 is 21.8 Å². The number of rotatable bonds is 12. The topological polar surface area (TPSA) is 84.7 Å². The summed E-state index contributed by atoms with van der Waals surface area (Å²) in [7, 11) is 3.30. The Morgan fingerprint density at radius 2 is 1.18 bits per heavy atom. The Bertz CT molecular complexity index is 2180. The zero-order valence-electron chi connectivity index (χ0n) is 33.1. The summed E-state index contributed by atoms with van der Waals surface area (Å²) in [6.45, 7) is 12.8. The molecule has 5 aromatic rings. The van der Waals surface area contributed by atoms with E-state index in [0.29, 0.717) is 56.9 Å². The van der Waals surface area contributed by atoms with E-state index in [9.17, 15) is 10.2 Å². The Hall–Kier alpha value is -4.67. The molecule has 8 nitrogen and oxygen atoms in total. The van der Waals surface area contributed by atoms with E-state index in [4.69, 9.17) is 9.47 Å². The molecule has 6 aliphatic heterocycles. The Morgan fingerprint density at radius 1 is 0.719 bits per heavy atom. The first-order valence-corrected chi connectivity index (χ1v) is 20.6. The van der Waals surface area contributed by atoms with Crippen molar-refractivity contribution in [3.8, 4) is 11.5 Å². The Morgan fingerprint density at radius 3 is 1.60 bits per heavy atom. The number of pyridine rings is 2. The molecule has 2 aromatic heterocycles. The fourth-order valence-corrected chi connectivity index (χ4v) is 11.8. The lowest BCUT2D eigenvalue weighted by Crippen LogP contribution is -2.68. The third-order valence-electron chi connectivity index (χ3n) is 14.8. The average Bonchev–Trinajstić information content (AvgIpc) is 3.26. The van der Waals surface area contributed by atoms with Gasteiger partial charge < -0.3 is 28.7 Å². The molecule has 11 rings (SSSR count). The number of hydrogen-bond acceptors (Lipinski definition) is 6. The lowest BCUT2D eigenvalue weighted by molar-refractivity contribution is -0.985. The summed E-state index contributed by atoms with van der Waals surface area (Å²) < 4.78 is 29.8. The summed E-state index contributed by atoms with van der Waals surface area (Å²) in [5.41, 5.74) is 4.66. The van der Waals surface area contributed by atoms with Crippen molar-refractivity contribution in [1.29, 1.82) is 0 Å². The van der Waals surface area contributed by atoms with Crippen LogP contribution in [0, 0.1) is 29.5 Å². The van der Waals surface area contributed by atoms with Gasteiger partial charge in [0, 0.05) is 71.8 Å². The maximum atomic E-state index is 17.4. The van der Waals surface area contributed by atoms with Crippen LogP contribution in [0.2, 0.25) is 0 Å². The summed E-state index contributed by atoms with van der Waals surface area (Å²) >= 11 is 0. The molecule has 0 aliphatic carbocycles. The second kappa shape index (κ2) is 14.9. The van der Waals surface area contributed by atoms with Crippen LogP contribution in [0.15, 0.2) is 104 Å². The largest absolute Gasteiger partial charge is 0.497 e. The van der Waals surface area contributed by atoms with Gasteiger partial charge in [-0.25, -0.2) is 4.39 Å². The smallest absolute Gasteiger partial charge is 0.140 e. The lowest BCUT2D eigenvalue weighted by Gasteiger charge is -2.58. The van der Waals surface area contributed by atoms with Gasteiger partial charge in [0.1, 0.15) is 54.7 Å². The predicted molar refractivity (Wildman–Crippen MR) is 221 cm³/mol. The lowest BCUT2D eigenvalue weighted by atomic mass is 9.70. The van der Waals surface area contributed by atoms with Gasteiger partial charge in [-0.3, -0.25) is 9.97 Å². The van der Waals surface area contributed by atoms with Gasteiger partial charge in [-0.2, -0.15) is 0 Å². The molecule has 6 saturated heterocycles. The zero-order chi connectivity index (χ0) is 39.5. The molecule has 57 heavy (non-hydrogen) atoms. The minimum absolute atomic E-state index is 0.121. The van der Waals surface area contributed by atoms with Gasteiger partial charge in [0.05, 0.1) is 51.4 Å². The van der Waals surface area contributed by atoms with Crippen LogP contribution in [0.3, 0.4) is 0 Å². The summed E-state index contributed by atoms with van der Waals surface area (Å²) in [5, 5.41) is 26.6. The van der Waals surface area contributed by atoms with Gasteiger partial charge >= 0.3 is 0 Å². The Labute approximate surface area is 335 Å². The number of quaternary nitrogens is 2. The minimum atomic E-state index is -0.766. The summed E-state index contributed by atoms with van der Waals surface area (Å²) in [6, 6.07) is 21.1. The zero-order valence-corrected chi connectivity index (χ0v) is 33.1. The highest BCUT2D eigenvalue weighted by Crippen LogP contribution is 2.50. The monoisotopic (exact) mass is 770 g/mol. The van der Waals surface area contributed by atoms with Crippen molar-refractivity contribution < 1.29 is 33.0 Å². The number of methoxy groups -OCH3 is 2. The first-order chi connectivity index (χ1) is 27.7. The number of benzene rings is 3. The molecule has 0 spiro atoms. The molecule has 0 saturated carbocycles. The molecule has 0 amide bonds. The molecule has 8 heterocycles. The summed E-state index contributed by atoms with van der Waals surface area (Å²) in [6.07, 6.45) is 9.90. The van der Waals surface area contributed by atoms with Gasteiger partial charge in [0.15, 0.2) is 0 Å². The minimum Gasteiger partial charge on any atom is -0.497 e. The molecular weight excluding hydrogens is 716 g/mol. The van der Waals surface area contributed by atoms with Gasteiger partial charge in [-0.15, -0.1) is 13.2 Å². The van der Waals surface area contributed by atoms with E-state index in [0.717, 1.165) is 96.3 Å². The molecular formula is C48H55FN4O4+2. The van der Waals surface area contributed by atoms with E-state index in [-0.39, 0.29) is 17.9 Å². The highest BCUT2D eigenvalue weighted by molar-refractivity contribution is 5.84. The van der Waals surface area contributed by atoms with Crippen LogP contribution >= 0.6 is 0 Å². The van der Waals surface area contributed by atoms with Crippen molar-refractivity contribution in [2.75, 3.05) is 40.4 Å². The number of fused-ring (bicyclic) bond motifs is 8. The van der Waals surface area contributed by atoms with Crippen LogP contribution in [0.5, 0.6) is 11.5 Å². The third-order valence-corrected chi connectivity index (χ3v) is 14.8. The van der Waals surface area contributed by atoms with Crippen molar-refractivity contribution in [3.05, 3.63) is 133 Å². The molecule has 296 valence electrons. The van der Waals surface area contributed by atoms with Gasteiger partial charge in [-0.05, 0) is 71.5 Å². The van der Waals surface area contributed by atoms with E-state index in [2.05, 4.69) is 35.3 Å². The molecule has 6 fully saturated rings. The Kier molecular flexibility index (Phi) is 9.92. The maximum absolute atomic E-state index is 17.4. The number of piperidine rings is 6. The van der Waals surface area contributed by atoms with Gasteiger partial charge in [0.2, 0.25) is 0 Å². The van der Waals surface area contributed by atoms with E-state index in [1.54, 1.807) is 26.6 Å². The summed E-state index contributed by atoms with van der Waals surface area (Å²) in [5.74, 6) is 2.74. The van der Waals surface area contributed by atoms with Crippen LogP contribution in [0.1, 0.15) is 60.1 Å². The fourth-order valence-electron chi connectivity index (χ4n) is 11.8. The van der Waals surface area contributed by atoms with E-state index in [1.807, 2.05) is 66.7 Å². The van der Waals surface area contributed by atoms with Crippen LogP contribution < -0.4 is 9.47 Å². The quantitative estimate of drug-likeness (QED) is 0.0983. The van der Waals surface area contributed by atoms with Crippen LogP contribution in [0.25, 0.3) is 21.8 Å². The molecule has 3 aromatic carbocycles. The van der Waals surface area contributed by atoms with Crippen LogP contribution in [0.4, 0.5) is 4.39 Å². The molecule has 9 heteroatoms. The summed E-state index contributed by atoms with van der Waals surface area (Å²) in [4.78, 5) is 9.17. The second-order valence-corrected chi connectivity index (χ2v) is 17.4. The first kappa shape index (κ1) is 37.9. The van der Waals surface area contributed by atoms with Crippen LogP contribution in [-0.4, -0.2) is 81.6 Å². The number of aliphatic hydroxyl groups is 2.